The van der Waals surface area contributed by atoms with E-state index in [2.05, 4.69) is 27.3 Å². The molecule has 0 atom stereocenters. The monoisotopic (exact) mass is 379 g/mol. The van der Waals surface area contributed by atoms with Gasteiger partial charge >= 0.3 is 0 Å². The Morgan fingerprint density at radius 1 is 1.11 bits per heavy atom. The average molecular weight is 380 g/mol. The first-order chi connectivity index (χ1) is 13.7. The molecule has 3 rings (SSSR count). The lowest BCUT2D eigenvalue weighted by atomic mass is 9.84. The van der Waals surface area contributed by atoms with E-state index >= 15 is 0 Å². The second kappa shape index (κ2) is 10.1. The molecule has 0 spiro atoms. The summed E-state index contributed by atoms with van der Waals surface area (Å²) in [7, 11) is 0. The van der Waals surface area contributed by atoms with E-state index in [1.54, 1.807) is 0 Å². The van der Waals surface area contributed by atoms with Crippen LogP contribution < -0.4 is 10.2 Å². The van der Waals surface area contributed by atoms with Crippen LogP contribution in [0.15, 0.2) is 24.3 Å². The normalized spacial score (nSPS) is 22.9. The van der Waals surface area contributed by atoms with Crippen molar-refractivity contribution in [2.75, 3.05) is 37.6 Å². The quantitative estimate of drug-likeness (QED) is 0.821. The summed E-state index contributed by atoms with van der Waals surface area (Å²) in [6.45, 7) is 5.29. The molecule has 1 aromatic carbocycles. The number of rotatable bonds is 6. The van der Waals surface area contributed by atoms with E-state index < -0.39 is 0 Å². The molecule has 0 bridgehead atoms. The average Bonchev–Trinajstić information content (AvgIpc) is 2.74. The number of nitrogens with one attached hydrogen (secondary N) is 1. The molecule has 1 aliphatic carbocycles. The molecule has 0 aromatic heterocycles. The van der Waals surface area contributed by atoms with Crippen LogP contribution in [-0.4, -0.2) is 49.6 Å². The minimum Gasteiger partial charge on any atom is -0.369 e. The molecule has 1 aromatic rings. The molecule has 28 heavy (non-hydrogen) atoms. The van der Waals surface area contributed by atoms with Crippen LogP contribution in [-0.2, 0) is 4.79 Å². The van der Waals surface area contributed by atoms with Crippen molar-refractivity contribution in [1.82, 2.24) is 10.2 Å². The molecule has 2 fully saturated rings. The number of nitrogens with zero attached hydrogens (tertiary/aromatic N) is 4. The molecule has 2 aliphatic rings. The van der Waals surface area contributed by atoms with Crippen LogP contribution >= 0.6 is 0 Å². The molecule has 0 unspecified atom stereocenters. The number of hydrogen-bond donors (Lipinski definition) is 1. The van der Waals surface area contributed by atoms with Gasteiger partial charge in [0.05, 0.1) is 17.7 Å². The number of carbonyl (C=O) groups excluding carboxylic acids is 1. The fourth-order valence-corrected chi connectivity index (χ4v) is 4.31. The minimum atomic E-state index is -0.135. The van der Waals surface area contributed by atoms with Gasteiger partial charge in [-0.2, -0.15) is 10.5 Å². The third-order valence-corrected chi connectivity index (χ3v) is 6.02. The van der Waals surface area contributed by atoms with E-state index in [0.717, 1.165) is 62.7 Å². The number of amides is 1. The Morgan fingerprint density at radius 3 is 2.54 bits per heavy atom. The Kier molecular flexibility index (Phi) is 7.28. The Bertz CT molecular complexity index is 734. The summed E-state index contributed by atoms with van der Waals surface area (Å²) in [5.41, 5.74) is 1.87. The number of anilines is 1. The van der Waals surface area contributed by atoms with E-state index in [1.165, 1.54) is 19.3 Å². The maximum Gasteiger partial charge on any atom is 0.234 e. The van der Waals surface area contributed by atoms with Gasteiger partial charge in [0.15, 0.2) is 0 Å². The summed E-state index contributed by atoms with van der Waals surface area (Å²) in [6, 6.07) is 12.2. The molecular weight excluding hydrogens is 350 g/mol. The van der Waals surface area contributed by atoms with Gasteiger partial charge < -0.3 is 10.2 Å². The van der Waals surface area contributed by atoms with Gasteiger partial charge in [-0.05, 0) is 62.8 Å². The van der Waals surface area contributed by atoms with Gasteiger partial charge in [0.1, 0.15) is 6.42 Å². The van der Waals surface area contributed by atoms with Crippen LogP contribution in [0, 0.1) is 28.6 Å². The summed E-state index contributed by atoms with van der Waals surface area (Å²) in [6.07, 6.45) is 5.59. The smallest absolute Gasteiger partial charge is 0.234 e. The molecule has 1 aliphatic heterocycles. The first-order valence-corrected chi connectivity index (χ1v) is 10.3. The Labute approximate surface area is 167 Å². The molecule has 1 saturated heterocycles. The Hall–Kier alpha value is -2.57. The highest BCUT2D eigenvalue weighted by atomic mass is 16.1. The number of benzene rings is 1. The topological polar surface area (TPSA) is 83.2 Å². The molecule has 1 amide bonds. The van der Waals surface area contributed by atoms with E-state index in [-0.39, 0.29) is 18.4 Å². The van der Waals surface area contributed by atoms with Crippen molar-refractivity contribution in [3.8, 4) is 12.1 Å². The summed E-state index contributed by atoms with van der Waals surface area (Å²) in [5.74, 6) is 0.610. The second-order valence-corrected chi connectivity index (χ2v) is 7.90. The maximum absolute atomic E-state index is 11.5. The number of carbonyl (C=O) groups is 1. The van der Waals surface area contributed by atoms with Gasteiger partial charge in [0.2, 0.25) is 5.91 Å². The first kappa shape index (κ1) is 20.2. The number of nitriles is 2. The van der Waals surface area contributed by atoms with Gasteiger partial charge in [0, 0.05) is 37.9 Å². The van der Waals surface area contributed by atoms with Crippen LogP contribution in [0.4, 0.5) is 5.69 Å². The van der Waals surface area contributed by atoms with Crippen LogP contribution in [0.5, 0.6) is 0 Å². The van der Waals surface area contributed by atoms with Crippen molar-refractivity contribution in [1.29, 1.82) is 10.5 Å². The van der Waals surface area contributed by atoms with Crippen LogP contribution in [0.3, 0.4) is 0 Å². The predicted octanol–water partition coefficient (Wildman–Crippen LogP) is 2.66. The highest BCUT2D eigenvalue weighted by molar-refractivity contribution is 5.78. The zero-order chi connectivity index (χ0) is 19.8. The molecular formula is C22H29N5O. The van der Waals surface area contributed by atoms with Crippen molar-refractivity contribution >= 4 is 11.6 Å². The fourth-order valence-electron chi connectivity index (χ4n) is 4.31. The van der Waals surface area contributed by atoms with Gasteiger partial charge in [0.25, 0.3) is 0 Å². The molecule has 148 valence electrons. The van der Waals surface area contributed by atoms with E-state index in [0.29, 0.717) is 0 Å². The number of piperazine rings is 1. The van der Waals surface area contributed by atoms with Crippen molar-refractivity contribution < 1.29 is 4.79 Å². The predicted molar refractivity (Wildman–Crippen MR) is 109 cm³/mol. The lowest BCUT2D eigenvalue weighted by Gasteiger charge is -2.37. The Balaban J connectivity index is 1.34. The molecule has 6 heteroatoms. The highest BCUT2D eigenvalue weighted by Crippen LogP contribution is 2.27. The Morgan fingerprint density at radius 2 is 1.86 bits per heavy atom. The zero-order valence-electron chi connectivity index (χ0n) is 16.4. The number of hydrogen-bond acceptors (Lipinski definition) is 5. The van der Waals surface area contributed by atoms with Crippen molar-refractivity contribution in [3.63, 3.8) is 0 Å². The van der Waals surface area contributed by atoms with E-state index in [9.17, 15) is 4.79 Å². The van der Waals surface area contributed by atoms with Gasteiger partial charge in [-0.1, -0.05) is 6.07 Å². The van der Waals surface area contributed by atoms with Crippen LogP contribution in [0.2, 0.25) is 0 Å². The maximum atomic E-state index is 11.5. The largest absolute Gasteiger partial charge is 0.369 e. The van der Waals surface area contributed by atoms with E-state index in [1.807, 2.05) is 24.3 Å². The summed E-state index contributed by atoms with van der Waals surface area (Å²) >= 11 is 0. The summed E-state index contributed by atoms with van der Waals surface area (Å²) in [4.78, 5) is 16.4. The molecule has 1 heterocycles. The van der Waals surface area contributed by atoms with Gasteiger partial charge in [-0.15, -0.1) is 0 Å². The van der Waals surface area contributed by atoms with Crippen molar-refractivity contribution in [3.05, 3.63) is 29.8 Å². The van der Waals surface area contributed by atoms with Gasteiger partial charge in [-0.3, -0.25) is 9.69 Å². The molecule has 1 saturated carbocycles. The first-order valence-electron chi connectivity index (χ1n) is 10.3. The zero-order valence-corrected chi connectivity index (χ0v) is 16.4. The highest BCUT2D eigenvalue weighted by Gasteiger charge is 2.24. The van der Waals surface area contributed by atoms with Crippen molar-refractivity contribution in [2.45, 2.75) is 44.6 Å². The molecule has 6 nitrogen and oxygen atoms in total. The summed E-state index contributed by atoms with van der Waals surface area (Å²) in [5, 5.41) is 20.6. The van der Waals surface area contributed by atoms with Gasteiger partial charge in [-0.25, -0.2) is 0 Å². The fraction of sp³-hybridized carbons (Fsp3) is 0.591. The molecule has 0 radical (unpaired) electrons. The second-order valence-electron chi connectivity index (χ2n) is 7.90. The van der Waals surface area contributed by atoms with Crippen molar-refractivity contribution in [2.24, 2.45) is 5.92 Å². The third kappa shape index (κ3) is 5.71. The standard InChI is InChI=1S/C22H29N5O/c23-10-8-22(28)25-20-6-4-18(5-7-20)9-11-26-12-14-27(15-13-26)21-3-1-2-19(16-21)17-24/h1-3,16,18,20H,4-9,11-15H2,(H,25,28). The minimum absolute atomic E-state index is 0.0350. The van der Waals surface area contributed by atoms with E-state index in [4.69, 9.17) is 10.5 Å². The third-order valence-electron chi connectivity index (χ3n) is 6.02. The molecule has 1 N–H and O–H groups in total. The lowest BCUT2D eigenvalue weighted by Crippen LogP contribution is -2.47. The van der Waals surface area contributed by atoms with Crippen LogP contribution in [0.25, 0.3) is 0 Å². The summed E-state index contributed by atoms with van der Waals surface area (Å²) < 4.78 is 0. The van der Waals surface area contributed by atoms with Crippen LogP contribution in [0.1, 0.15) is 44.1 Å². The SMILES string of the molecule is N#CCC(=O)NC1CCC(CCN2CCN(c3cccc(C#N)c3)CC2)CC1. The lowest BCUT2D eigenvalue weighted by molar-refractivity contribution is -0.121.